The highest BCUT2D eigenvalue weighted by atomic mass is 32.2. The summed E-state index contributed by atoms with van der Waals surface area (Å²) in [5, 5.41) is 11.9. The molecular formula is C36H26N4O7S2. The van der Waals surface area contributed by atoms with Gasteiger partial charge >= 0.3 is 5.97 Å². The van der Waals surface area contributed by atoms with Crippen LogP contribution in [0.4, 0.5) is 5.69 Å². The molecule has 0 amide bonds. The highest BCUT2D eigenvalue weighted by Crippen LogP contribution is 2.35. The fraction of sp³-hybridized carbons (Fsp3) is 0.0833. The van der Waals surface area contributed by atoms with E-state index in [1.807, 2.05) is 60.7 Å². The number of non-ortho nitro benzene ring substituents is 1. The van der Waals surface area contributed by atoms with Gasteiger partial charge in [0.15, 0.2) is 4.80 Å². The third-order valence-corrected chi connectivity index (χ3v) is 10.7. The van der Waals surface area contributed by atoms with Gasteiger partial charge in [0.1, 0.15) is 0 Å². The largest absolute Gasteiger partial charge is 0.463 e. The number of ether oxygens (including phenoxy) is 1. The van der Waals surface area contributed by atoms with Gasteiger partial charge in [0.25, 0.3) is 21.3 Å². The molecular weight excluding hydrogens is 665 g/mol. The van der Waals surface area contributed by atoms with Crippen molar-refractivity contribution in [2.75, 3.05) is 6.61 Å². The number of aromatic nitrogens is 2. The maximum Gasteiger partial charge on any atom is 0.338 e. The van der Waals surface area contributed by atoms with Crippen LogP contribution in [-0.4, -0.2) is 34.5 Å². The lowest BCUT2D eigenvalue weighted by atomic mass is 9.93. The number of fused-ring (bicyclic) bond motifs is 2. The summed E-state index contributed by atoms with van der Waals surface area (Å²) in [6.07, 6.45) is 3.00. The average molecular weight is 691 g/mol. The van der Waals surface area contributed by atoms with Gasteiger partial charge in [-0.2, -0.15) is 0 Å². The van der Waals surface area contributed by atoms with Crippen molar-refractivity contribution in [2.24, 2.45) is 4.99 Å². The SMILES string of the molecule is CCOC(=O)C1=C(c2ccccc2)N=c2s/c(=C\c3cn(S(=O)(=O)c4cccc([N+](=O)[O-])c4)c4ccccc34)c(=O)n2[C@H]1c1ccccc1. The number of nitro benzene ring substituents is 1. The van der Waals surface area contributed by atoms with E-state index in [0.29, 0.717) is 38.1 Å². The van der Waals surface area contributed by atoms with Crippen molar-refractivity contribution in [3.8, 4) is 0 Å². The number of nitro groups is 1. The van der Waals surface area contributed by atoms with Crippen molar-refractivity contribution in [3.63, 3.8) is 0 Å². The van der Waals surface area contributed by atoms with Crippen LogP contribution in [0.2, 0.25) is 0 Å². The Bertz CT molecular complexity index is 2610. The molecule has 1 atom stereocenters. The quantitative estimate of drug-likeness (QED) is 0.124. The van der Waals surface area contributed by atoms with Crippen molar-refractivity contribution in [2.45, 2.75) is 17.9 Å². The molecule has 0 bridgehead atoms. The highest BCUT2D eigenvalue weighted by Gasteiger charge is 2.35. The molecule has 11 nitrogen and oxygen atoms in total. The van der Waals surface area contributed by atoms with E-state index in [4.69, 9.17) is 9.73 Å². The van der Waals surface area contributed by atoms with Gasteiger partial charge in [-0.25, -0.2) is 22.2 Å². The normalized spacial score (nSPS) is 14.8. The van der Waals surface area contributed by atoms with E-state index in [9.17, 15) is 28.1 Å². The predicted molar refractivity (Wildman–Crippen MR) is 185 cm³/mol. The third kappa shape index (κ3) is 5.58. The molecule has 244 valence electrons. The Hall–Kier alpha value is -5.92. The van der Waals surface area contributed by atoms with Crippen molar-refractivity contribution >= 4 is 55.7 Å². The van der Waals surface area contributed by atoms with Gasteiger partial charge in [0.05, 0.1) is 43.8 Å². The van der Waals surface area contributed by atoms with Crippen LogP contribution in [0.1, 0.15) is 29.7 Å². The molecule has 0 saturated carbocycles. The molecule has 49 heavy (non-hydrogen) atoms. The zero-order valence-electron chi connectivity index (χ0n) is 25.8. The number of hydrogen-bond donors (Lipinski definition) is 0. The molecule has 6 aromatic rings. The Morgan fingerprint density at radius 3 is 2.39 bits per heavy atom. The molecule has 0 fully saturated rings. The molecule has 0 spiro atoms. The molecule has 3 heterocycles. The lowest BCUT2D eigenvalue weighted by Crippen LogP contribution is -2.39. The second-order valence-corrected chi connectivity index (χ2v) is 13.8. The van der Waals surface area contributed by atoms with Gasteiger partial charge in [0.2, 0.25) is 0 Å². The molecule has 1 aliphatic rings. The smallest absolute Gasteiger partial charge is 0.338 e. The number of benzene rings is 4. The molecule has 13 heteroatoms. The number of hydrogen-bond acceptors (Lipinski definition) is 9. The summed E-state index contributed by atoms with van der Waals surface area (Å²) in [6, 6.07) is 29.1. The summed E-state index contributed by atoms with van der Waals surface area (Å²) in [6.45, 7) is 1.84. The lowest BCUT2D eigenvalue weighted by molar-refractivity contribution is -0.385. The summed E-state index contributed by atoms with van der Waals surface area (Å²) < 4.78 is 36.0. The summed E-state index contributed by atoms with van der Waals surface area (Å²) in [5.74, 6) is -0.595. The van der Waals surface area contributed by atoms with E-state index in [0.717, 1.165) is 21.4 Å². The Balaban J connectivity index is 1.46. The molecule has 0 unspecified atom stereocenters. The molecule has 1 aliphatic heterocycles. The average Bonchev–Trinajstić information content (AvgIpc) is 3.65. The molecule has 4 aromatic carbocycles. The third-order valence-electron chi connectivity index (χ3n) is 8.07. The van der Waals surface area contributed by atoms with E-state index >= 15 is 0 Å². The van der Waals surface area contributed by atoms with Gasteiger partial charge in [-0.3, -0.25) is 19.5 Å². The maximum absolute atomic E-state index is 14.4. The predicted octanol–water partition coefficient (Wildman–Crippen LogP) is 5.04. The van der Waals surface area contributed by atoms with E-state index in [1.54, 1.807) is 37.3 Å². The first-order chi connectivity index (χ1) is 23.7. The molecule has 0 N–H and O–H groups in total. The Kier molecular flexibility index (Phi) is 8.14. The Morgan fingerprint density at radius 2 is 1.67 bits per heavy atom. The fourth-order valence-corrected chi connectivity index (χ4v) is 8.30. The van der Waals surface area contributed by atoms with Crippen LogP contribution in [0.3, 0.4) is 0 Å². The minimum absolute atomic E-state index is 0.125. The highest BCUT2D eigenvalue weighted by molar-refractivity contribution is 7.90. The van der Waals surface area contributed by atoms with Gasteiger partial charge in [0, 0.05) is 34.8 Å². The number of carbonyl (C=O) groups excluding carboxylic acids is 1. The summed E-state index contributed by atoms with van der Waals surface area (Å²) in [4.78, 5) is 43.7. The van der Waals surface area contributed by atoms with E-state index in [2.05, 4.69) is 0 Å². The van der Waals surface area contributed by atoms with Crippen molar-refractivity contribution in [1.82, 2.24) is 8.54 Å². The molecule has 2 aromatic heterocycles. The van der Waals surface area contributed by atoms with Gasteiger partial charge in [-0.15, -0.1) is 0 Å². The van der Waals surface area contributed by atoms with E-state index < -0.39 is 32.5 Å². The number of carbonyl (C=O) groups is 1. The lowest BCUT2D eigenvalue weighted by Gasteiger charge is -2.25. The molecule has 7 rings (SSSR count). The zero-order chi connectivity index (χ0) is 34.3. The van der Waals surface area contributed by atoms with Crippen molar-refractivity contribution in [1.29, 1.82) is 0 Å². The Labute approximate surface area is 283 Å². The minimum Gasteiger partial charge on any atom is -0.463 e. The van der Waals surface area contributed by atoms with Crippen LogP contribution in [0.25, 0.3) is 22.7 Å². The van der Waals surface area contributed by atoms with Gasteiger partial charge < -0.3 is 4.74 Å². The van der Waals surface area contributed by atoms with E-state index in [-0.39, 0.29) is 27.3 Å². The van der Waals surface area contributed by atoms with Gasteiger partial charge in [-0.05, 0) is 30.7 Å². The standard InChI is InChI=1S/C36H26N4O7S2/c1-2-47-35(42)31-32(23-12-5-3-6-13-23)37-36-39(33(31)24-14-7-4-8-15-24)34(41)30(48-36)20-25-22-38(29-19-10-9-18-28(25)29)49(45,46)27-17-11-16-26(21-27)40(43)44/h3-22,33H,2H2,1H3/b30-20-/t33-/m0/s1. The summed E-state index contributed by atoms with van der Waals surface area (Å²) in [7, 11) is -4.27. The van der Waals surface area contributed by atoms with Crippen LogP contribution < -0.4 is 14.9 Å². The van der Waals surface area contributed by atoms with E-state index in [1.165, 1.54) is 29.0 Å². The summed E-state index contributed by atoms with van der Waals surface area (Å²) >= 11 is 1.12. The van der Waals surface area contributed by atoms with Gasteiger partial charge in [-0.1, -0.05) is 96.3 Å². The molecule has 0 aliphatic carbocycles. The second kappa shape index (κ2) is 12.6. The first-order valence-corrected chi connectivity index (χ1v) is 17.4. The molecule has 0 saturated heterocycles. The summed E-state index contributed by atoms with van der Waals surface area (Å²) in [5.41, 5.74) is 1.94. The van der Waals surface area contributed by atoms with Crippen molar-refractivity contribution < 1.29 is 22.9 Å². The second-order valence-electron chi connectivity index (χ2n) is 11.0. The monoisotopic (exact) mass is 690 g/mol. The number of rotatable bonds is 8. The molecule has 0 radical (unpaired) electrons. The number of esters is 1. The van der Waals surface area contributed by atoms with Crippen molar-refractivity contribution in [3.05, 3.63) is 167 Å². The number of nitrogens with zero attached hydrogens (tertiary/aromatic N) is 4. The van der Waals surface area contributed by atoms with Crippen LogP contribution in [0.5, 0.6) is 0 Å². The zero-order valence-corrected chi connectivity index (χ0v) is 27.4. The number of para-hydroxylation sites is 1. The number of thiazole rings is 1. The minimum atomic E-state index is -4.27. The fourth-order valence-electron chi connectivity index (χ4n) is 5.89. The first kappa shape index (κ1) is 31.7. The maximum atomic E-state index is 14.4. The van der Waals surface area contributed by atoms with Crippen LogP contribution in [-0.2, 0) is 19.6 Å². The topological polar surface area (TPSA) is 143 Å². The Morgan fingerprint density at radius 1 is 0.980 bits per heavy atom. The van der Waals surface area contributed by atoms with Crippen LogP contribution in [0, 0.1) is 10.1 Å². The van der Waals surface area contributed by atoms with Crippen LogP contribution in [0.15, 0.2) is 136 Å². The first-order valence-electron chi connectivity index (χ1n) is 15.1. The van der Waals surface area contributed by atoms with Crippen LogP contribution >= 0.6 is 11.3 Å².